The lowest BCUT2D eigenvalue weighted by Gasteiger charge is -2.27. The molecule has 7 nitrogen and oxygen atoms in total. The number of nitrogens with zero attached hydrogens (tertiary/aromatic N) is 4. The summed E-state index contributed by atoms with van der Waals surface area (Å²) in [7, 11) is 0. The zero-order valence-corrected chi connectivity index (χ0v) is 18.0. The van der Waals surface area contributed by atoms with E-state index in [1.165, 1.54) is 12.4 Å². The molecule has 1 aliphatic rings. The van der Waals surface area contributed by atoms with Crippen LogP contribution in [-0.4, -0.2) is 31.5 Å². The number of carbonyl (C=O) groups is 1. The molecule has 5 rings (SSSR count). The molecule has 0 aliphatic carbocycles. The molecule has 160 valence electrons. The van der Waals surface area contributed by atoms with Crippen LogP contribution in [0.2, 0.25) is 0 Å². The van der Waals surface area contributed by atoms with Gasteiger partial charge < -0.3 is 15.6 Å². The van der Waals surface area contributed by atoms with Crippen molar-refractivity contribution in [2.75, 3.05) is 5.73 Å². The molecule has 7 heteroatoms. The molecule has 32 heavy (non-hydrogen) atoms. The van der Waals surface area contributed by atoms with Gasteiger partial charge in [-0.15, -0.1) is 0 Å². The first-order valence-corrected chi connectivity index (χ1v) is 10.6. The molecule has 0 bridgehead atoms. The third-order valence-corrected chi connectivity index (χ3v) is 5.92. The van der Waals surface area contributed by atoms with Gasteiger partial charge in [0.25, 0.3) is 0 Å². The lowest BCUT2D eigenvalue weighted by atomic mass is 9.90. The van der Waals surface area contributed by atoms with Crippen LogP contribution in [0.1, 0.15) is 19.5 Å². The number of para-hydroxylation sites is 1. The number of benzene rings is 1. The SMILES string of the molecule is C=CC(=O)N[C@H]1C=C(C(C)C)c2c(-c3cnc4ccccc4c3)c3c(N)ncnc3n2C1. The van der Waals surface area contributed by atoms with Crippen LogP contribution in [0.3, 0.4) is 0 Å². The smallest absolute Gasteiger partial charge is 0.243 e. The molecular weight excluding hydrogens is 400 g/mol. The van der Waals surface area contributed by atoms with E-state index in [9.17, 15) is 4.79 Å². The number of nitrogens with one attached hydrogen (secondary N) is 1. The fourth-order valence-electron chi connectivity index (χ4n) is 4.50. The van der Waals surface area contributed by atoms with Gasteiger partial charge in [-0.1, -0.05) is 44.7 Å². The first-order chi connectivity index (χ1) is 15.5. The first-order valence-electron chi connectivity index (χ1n) is 10.6. The summed E-state index contributed by atoms with van der Waals surface area (Å²) in [5.74, 6) is 0.431. The second-order valence-corrected chi connectivity index (χ2v) is 8.30. The number of hydrogen-bond acceptors (Lipinski definition) is 5. The van der Waals surface area contributed by atoms with Crippen LogP contribution in [0.25, 0.3) is 38.6 Å². The lowest BCUT2D eigenvalue weighted by molar-refractivity contribution is -0.116. The average molecular weight is 425 g/mol. The van der Waals surface area contributed by atoms with Gasteiger partial charge in [0.1, 0.15) is 17.8 Å². The van der Waals surface area contributed by atoms with Crippen molar-refractivity contribution in [3.8, 4) is 11.1 Å². The van der Waals surface area contributed by atoms with Crippen molar-refractivity contribution in [1.29, 1.82) is 0 Å². The van der Waals surface area contributed by atoms with E-state index in [0.717, 1.165) is 44.3 Å². The normalized spacial score (nSPS) is 15.6. The van der Waals surface area contributed by atoms with E-state index in [4.69, 9.17) is 5.73 Å². The van der Waals surface area contributed by atoms with Crippen molar-refractivity contribution < 1.29 is 4.79 Å². The van der Waals surface area contributed by atoms with Crippen LogP contribution in [0.5, 0.6) is 0 Å². The van der Waals surface area contributed by atoms with E-state index in [0.29, 0.717) is 12.4 Å². The molecular formula is C25H24N6O. The summed E-state index contributed by atoms with van der Waals surface area (Å²) >= 11 is 0. The van der Waals surface area contributed by atoms with Crippen molar-refractivity contribution >= 4 is 39.2 Å². The number of amides is 1. The number of carbonyl (C=O) groups excluding carboxylic acids is 1. The van der Waals surface area contributed by atoms with Gasteiger partial charge in [0.15, 0.2) is 0 Å². The Hall–Kier alpha value is -4.00. The van der Waals surface area contributed by atoms with Crippen LogP contribution in [0.4, 0.5) is 5.82 Å². The largest absolute Gasteiger partial charge is 0.383 e. The second kappa shape index (κ2) is 7.60. The molecule has 1 atom stereocenters. The van der Waals surface area contributed by atoms with Gasteiger partial charge in [-0.25, -0.2) is 9.97 Å². The number of allylic oxidation sites excluding steroid dienone is 1. The number of hydrogen-bond donors (Lipinski definition) is 2. The summed E-state index contributed by atoms with van der Waals surface area (Å²) in [5, 5.41) is 4.86. The zero-order valence-electron chi connectivity index (χ0n) is 18.0. The lowest BCUT2D eigenvalue weighted by Crippen LogP contribution is -2.38. The number of rotatable bonds is 4. The van der Waals surface area contributed by atoms with E-state index in [-0.39, 0.29) is 17.9 Å². The summed E-state index contributed by atoms with van der Waals surface area (Å²) in [6.45, 7) is 8.40. The molecule has 3 aromatic heterocycles. The Balaban J connectivity index is 1.81. The van der Waals surface area contributed by atoms with E-state index in [1.54, 1.807) is 0 Å². The van der Waals surface area contributed by atoms with Crippen molar-refractivity contribution in [1.82, 2.24) is 24.8 Å². The number of aromatic nitrogens is 4. The van der Waals surface area contributed by atoms with E-state index >= 15 is 0 Å². The fraction of sp³-hybridized carbons (Fsp3) is 0.200. The van der Waals surface area contributed by atoms with Gasteiger partial charge in [-0.05, 0) is 29.7 Å². The van der Waals surface area contributed by atoms with Gasteiger partial charge in [0, 0.05) is 29.3 Å². The summed E-state index contributed by atoms with van der Waals surface area (Å²) in [4.78, 5) is 25.6. The minimum absolute atomic E-state index is 0.181. The highest BCUT2D eigenvalue weighted by atomic mass is 16.1. The van der Waals surface area contributed by atoms with Crippen molar-refractivity contribution in [2.24, 2.45) is 5.92 Å². The van der Waals surface area contributed by atoms with Crippen LogP contribution < -0.4 is 11.1 Å². The molecule has 1 amide bonds. The topological polar surface area (TPSA) is 98.7 Å². The predicted octanol–water partition coefficient (Wildman–Crippen LogP) is 3.95. The van der Waals surface area contributed by atoms with E-state index in [1.807, 2.05) is 24.4 Å². The van der Waals surface area contributed by atoms with Gasteiger partial charge in [0.2, 0.25) is 5.91 Å². The maximum atomic E-state index is 12.0. The molecule has 0 saturated carbocycles. The Bertz CT molecular complexity index is 1410. The Kier molecular flexibility index (Phi) is 4.74. The number of nitrogens with two attached hydrogens (primary N) is 1. The Labute approximate surface area is 185 Å². The molecule has 0 saturated heterocycles. The highest BCUT2D eigenvalue weighted by Gasteiger charge is 2.30. The highest BCUT2D eigenvalue weighted by Crippen LogP contribution is 2.44. The van der Waals surface area contributed by atoms with Gasteiger partial charge >= 0.3 is 0 Å². The van der Waals surface area contributed by atoms with Crippen molar-refractivity contribution in [3.63, 3.8) is 0 Å². The van der Waals surface area contributed by atoms with Crippen molar-refractivity contribution in [3.05, 3.63) is 67.3 Å². The number of fused-ring (bicyclic) bond motifs is 4. The van der Waals surface area contributed by atoms with Crippen LogP contribution in [0.15, 0.2) is 61.6 Å². The second-order valence-electron chi connectivity index (χ2n) is 8.30. The molecule has 3 N–H and O–H groups in total. The van der Waals surface area contributed by atoms with Crippen LogP contribution >= 0.6 is 0 Å². The molecule has 0 fully saturated rings. The summed E-state index contributed by atoms with van der Waals surface area (Å²) in [5.41, 5.74) is 12.2. The van der Waals surface area contributed by atoms with Gasteiger partial charge in [-0.2, -0.15) is 0 Å². The molecule has 1 aliphatic heterocycles. The van der Waals surface area contributed by atoms with Crippen molar-refractivity contribution in [2.45, 2.75) is 26.4 Å². The zero-order chi connectivity index (χ0) is 22.4. The highest BCUT2D eigenvalue weighted by molar-refractivity contribution is 6.07. The summed E-state index contributed by atoms with van der Waals surface area (Å²) in [6.07, 6.45) is 6.78. The number of pyridine rings is 1. The summed E-state index contributed by atoms with van der Waals surface area (Å²) < 4.78 is 2.14. The molecule has 0 radical (unpaired) electrons. The molecule has 0 unspecified atom stereocenters. The number of anilines is 1. The van der Waals surface area contributed by atoms with E-state index < -0.39 is 0 Å². The quantitative estimate of drug-likeness (QED) is 0.483. The fourth-order valence-corrected chi connectivity index (χ4v) is 4.50. The minimum atomic E-state index is -0.206. The predicted molar refractivity (Wildman–Crippen MR) is 128 cm³/mol. The van der Waals surface area contributed by atoms with Crippen LogP contribution in [-0.2, 0) is 11.3 Å². The van der Waals surface area contributed by atoms with Gasteiger partial charge in [-0.3, -0.25) is 9.78 Å². The molecule has 0 spiro atoms. The van der Waals surface area contributed by atoms with Gasteiger partial charge in [0.05, 0.1) is 22.6 Å². The minimum Gasteiger partial charge on any atom is -0.383 e. The molecule has 4 aromatic rings. The maximum Gasteiger partial charge on any atom is 0.243 e. The molecule has 1 aromatic carbocycles. The van der Waals surface area contributed by atoms with E-state index in [2.05, 4.69) is 63.5 Å². The standard InChI is InChI=1S/C25H24N6O/c1-4-20(32)30-17-10-18(14(2)3)23-21(16-9-15-7-5-6-8-19(15)27-11-16)22-24(26)28-13-29-25(22)31(23)12-17/h4-11,13-14,17H,1,12H2,2-3H3,(H,30,32)(H2,26,28,29)/t17-/m0/s1. The first kappa shape index (κ1) is 19.9. The summed E-state index contributed by atoms with van der Waals surface area (Å²) in [6, 6.07) is 9.99. The third-order valence-electron chi connectivity index (χ3n) is 5.92. The molecule has 4 heterocycles. The van der Waals surface area contributed by atoms with Crippen LogP contribution in [0, 0.1) is 5.92 Å². The Morgan fingerprint density at radius 2 is 2.09 bits per heavy atom. The maximum absolute atomic E-state index is 12.0. The number of nitrogen functional groups attached to an aromatic ring is 1. The Morgan fingerprint density at radius 1 is 1.28 bits per heavy atom. The third kappa shape index (κ3) is 3.13. The Morgan fingerprint density at radius 3 is 2.88 bits per heavy atom. The average Bonchev–Trinajstić information content (AvgIpc) is 3.13. The monoisotopic (exact) mass is 424 g/mol.